The highest BCUT2D eigenvalue weighted by atomic mass is 16.5. The van der Waals surface area contributed by atoms with Gasteiger partial charge in [-0.2, -0.15) is 0 Å². The fourth-order valence-electron chi connectivity index (χ4n) is 3.54. The van der Waals surface area contributed by atoms with Gasteiger partial charge in [0.1, 0.15) is 12.1 Å². The minimum atomic E-state index is -1.04. The van der Waals surface area contributed by atoms with Crippen LogP contribution in [0, 0.1) is 0 Å². The molecule has 144 valence electrons. The van der Waals surface area contributed by atoms with E-state index < -0.39 is 6.09 Å². The molecule has 9 nitrogen and oxygen atoms in total. The lowest BCUT2D eigenvalue weighted by Gasteiger charge is -2.21. The number of likely N-dealkylation sites (tertiary alicyclic amines) is 1. The number of nitrogens with two attached hydrogens (primary N) is 1. The molecule has 28 heavy (non-hydrogen) atoms. The van der Waals surface area contributed by atoms with Gasteiger partial charge in [-0.15, -0.1) is 0 Å². The molecule has 1 amide bonds. The number of hydrogen-bond donors (Lipinski definition) is 2. The molecule has 2 aromatic heterocycles. The summed E-state index contributed by atoms with van der Waals surface area (Å²) in [6.07, 6.45) is 3.56. The Kier molecular flexibility index (Phi) is 4.66. The Hall–Kier alpha value is -3.46. The lowest BCUT2D eigenvalue weighted by molar-refractivity contribution is -0.122. The third-order valence-corrected chi connectivity index (χ3v) is 4.85. The molecule has 0 radical (unpaired) electrons. The molecule has 3 N–H and O–H groups in total. The number of fused-ring (bicyclic) bond motifs is 1. The smallest absolute Gasteiger partial charge is 0.415 e. The van der Waals surface area contributed by atoms with E-state index in [9.17, 15) is 9.59 Å². The maximum Gasteiger partial charge on any atom is 0.415 e. The van der Waals surface area contributed by atoms with Crippen molar-refractivity contribution in [2.75, 3.05) is 6.54 Å². The first-order valence-corrected chi connectivity index (χ1v) is 8.88. The van der Waals surface area contributed by atoms with E-state index in [0.717, 1.165) is 35.0 Å². The van der Waals surface area contributed by atoms with Gasteiger partial charge in [0.05, 0.1) is 17.3 Å². The number of hydrogen-bond acceptors (Lipinski definition) is 6. The summed E-state index contributed by atoms with van der Waals surface area (Å²) in [5, 5.41) is 9.90. The molecule has 3 heterocycles. The Bertz CT molecular complexity index is 1050. The molecular formula is C19H19N5O4. The average molecular weight is 381 g/mol. The molecule has 0 saturated carbocycles. The Labute approximate surface area is 160 Å². The minimum absolute atomic E-state index is 0.264. The zero-order chi connectivity index (χ0) is 19.7. The number of carboxylic acid groups (broad SMARTS) is 1. The number of aromatic nitrogens is 3. The molecule has 1 fully saturated rings. The highest BCUT2D eigenvalue weighted by Gasteiger charge is 2.29. The zero-order valence-electron chi connectivity index (χ0n) is 15.0. The lowest BCUT2D eigenvalue weighted by atomic mass is 10.2. The van der Waals surface area contributed by atoms with Crippen molar-refractivity contribution in [3.63, 3.8) is 0 Å². The number of ether oxygens (including phenoxy) is 1. The maximum atomic E-state index is 11.5. The van der Waals surface area contributed by atoms with Gasteiger partial charge in [-0.05, 0) is 43.7 Å². The van der Waals surface area contributed by atoms with Crippen LogP contribution in [0.15, 0.2) is 42.9 Å². The third-order valence-electron chi connectivity index (χ3n) is 4.85. The van der Waals surface area contributed by atoms with Crippen molar-refractivity contribution in [2.45, 2.75) is 25.4 Å². The van der Waals surface area contributed by atoms with Crippen LogP contribution in [0.25, 0.3) is 10.9 Å². The summed E-state index contributed by atoms with van der Waals surface area (Å²) in [5.74, 6) is 0.595. The number of carbonyl (C=O) groups is 2. The van der Waals surface area contributed by atoms with Crippen LogP contribution in [0.1, 0.15) is 18.5 Å². The van der Waals surface area contributed by atoms with Crippen LogP contribution in [0.5, 0.6) is 11.6 Å². The first kappa shape index (κ1) is 17.9. The topological polar surface area (TPSA) is 124 Å². The summed E-state index contributed by atoms with van der Waals surface area (Å²) in [5.41, 5.74) is 6.77. The van der Waals surface area contributed by atoms with Crippen LogP contribution in [-0.2, 0) is 11.3 Å². The summed E-state index contributed by atoms with van der Waals surface area (Å²) in [4.78, 5) is 33.1. The number of primary amides is 1. The second-order valence-corrected chi connectivity index (χ2v) is 6.67. The van der Waals surface area contributed by atoms with E-state index >= 15 is 0 Å². The number of carbonyl (C=O) groups excluding carboxylic acids is 1. The van der Waals surface area contributed by atoms with Gasteiger partial charge in [0.25, 0.3) is 0 Å². The van der Waals surface area contributed by atoms with E-state index in [4.69, 9.17) is 15.6 Å². The van der Waals surface area contributed by atoms with Crippen molar-refractivity contribution in [1.82, 2.24) is 19.4 Å². The van der Waals surface area contributed by atoms with Gasteiger partial charge >= 0.3 is 6.09 Å². The van der Waals surface area contributed by atoms with E-state index in [1.807, 2.05) is 4.90 Å². The van der Waals surface area contributed by atoms with Crippen LogP contribution >= 0.6 is 0 Å². The summed E-state index contributed by atoms with van der Waals surface area (Å²) in [7, 11) is 0. The molecule has 9 heteroatoms. The molecular weight excluding hydrogens is 362 g/mol. The van der Waals surface area contributed by atoms with Crippen molar-refractivity contribution in [3.05, 3.63) is 48.5 Å². The van der Waals surface area contributed by atoms with Gasteiger partial charge in [-0.25, -0.2) is 14.8 Å². The first-order valence-electron chi connectivity index (χ1n) is 8.88. The lowest BCUT2D eigenvalue weighted by Crippen LogP contribution is -2.39. The van der Waals surface area contributed by atoms with Gasteiger partial charge in [0, 0.05) is 24.2 Å². The molecule has 0 aliphatic carbocycles. The predicted octanol–water partition coefficient (Wildman–Crippen LogP) is 2.20. The zero-order valence-corrected chi connectivity index (χ0v) is 15.0. The fourth-order valence-corrected chi connectivity index (χ4v) is 3.54. The van der Waals surface area contributed by atoms with Crippen LogP contribution in [0.4, 0.5) is 4.79 Å². The number of rotatable bonds is 5. The van der Waals surface area contributed by atoms with E-state index in [1.165, 1.54) is 12.5 Å². The van der Waals surface area contributed by atoms with Crippen molar-refractivity contribution in [3.8, 4) is 11.6 Å². The number of benzene rings is 1. The molecule has 4 rings (SSSR count). The fraction of sp³-hybridized carbons (Fsp3) is 0.263. The van der Waals surface area contributed by atoms with Gasteiger partial charge < -0.3 is 15.6 Å². The minimum Gasteiger partial charge on any atom is -0.464 e. The Balaban J connectivity index is 1.51. The average Bonchev–Trinajstić information content (AvgIpc) is 3.28. The Morgan fingerprint density at radius 1 is 1.25 bits per heavy atom. The summed E-state index contributed by atoms with van der Waals surface area (Å²) in [6.45, 7) is 1.29. The van der Waals surface area contributed by atoms with Crippen LogP contribution < -0.4 is 10.5 Å². The molecule has 0 spiro atoms. The van der Waals surface area contributed by atoms with E-state index in [2.05, 4.69) is 9.97 Å². The normalized spacial score (nSPS) is 17.1. The van der Waals surface area contributed by atoms with Crippen LogP contribution in [-0.4, -0.2) is 49.1 Å². The number of nitrogens with zero attached hydrogens (tertiary/aromatic N) is 4. The first-order chi connectivity index (χ1) is 13.5. The van der Waals surface area contributed by atoms with Gasteiger partial charge in [0.2, 0.25) is 11.8 Å². The summed E-state index contributed by atoms with van der Waals surface area (Å²) >= 11 is 0. The molecule has 0 bridgehead atoms. The van der Waals surface area contributed by atoms with Crippen LogP contribution in [0.2, 0.25) is 0 Å². The number of amides is 1. The monoisotopic (exact) mass is 381 g/mol. The molecule has 1 aliphatic rings. The largest absolute Gasteiger partial charge is 0.464 e. The standard InChI is InChI=1S/C19H19N5O4/c20-18(25)16-2-1-6-23(16)10-13-9-17(22-11-21-13)28-14-3-4-15-12(8-14)5-7-24(15)19(26)27/h3-5,7-9,11,16H,1-2,6,10H2,(H2,20,25)(H,26,27). The second kappa shape index (κ2) is 7.28. The Morgan fingerprint density at radius 3 is 2.89 bits per heavy atom. The van der Waals surface area contributed by atoms with Gasteiger partial charge in [-0.1, -0.05) is 0 Å². The second-order valence-electron chi connectivity index (χ2n) is 6.67. The van der Waals surface area contributed by atoms with Crippen molar-refractivity contribution in [2.24, 2.45) is 5.73 Å². The Morgan fingerprint density at radius 2 is 2.11 bits per heavy atom. The van der Waals surface area contributed by atoms with Crippen molar-refractivity contribution < 1.29 is 19.4 Å². The van der Waals surface area contributed by atoms with E-state index in [-0.39, 0.29) is 11.9 Å². The summed E-state index contributed by atoms with van der Waals surface area (Å²) in [6, 6.07) is 8.29. The summed E-state index contributed by atoms with van der Waals surface area (Å²) < 4.78 is 6.96. The highest BCUT2D eigenvalue weighted by Crippen LogP contribution is 2.26. The van der Waals surface area contributed by atoms with Gasteiger partial charge in [-0.3, -0.25) is 14.3 Å². The molecule has 1 saturated heterocycles. The van der Waals surface area contributed by atoms with E-state index in [1.54, 1.807) is 30.3 Å². The quantitative estimate of drug-likeness (QED) is 0.694. The third kappa shape index (κ3) is 3.52. The molecule has 1 atom stereocenters. The van der Waals surface area contributed by atoms with Gasteiger partial charge in [0.15, 0.2) is 0 Å². The SMILES string of the molecule is NC(=O)C1CCCN1Cc1cc(Oc2ccc3c(ccn3C(=O)O)c2)ncn1. The molecule has 1 unspecified atom stereocenters. The molecule has 3 aromatic rings. The molecule has 1 aliphatic heterocycles. The van der Waals surface area contributed by atoms with Crippen molar-refractivity contribution in [1.29, 1.82) is 0 Å². The van der Waals surface area contributed by atoms with Crippen molar-refractivity contribution >= 4 is 22.9 Å². The maximum absolute atomic E-state index is 11.5. The highest BCUT2D eigenvalue weighted by molar-refractivity contribution is 5.89. The molecule has 1 aromatic carbocycles. The van der Waals surface area contributed by atoms with Crippen LogP contribution in [0.3, 0.4) is 0 Å². The predicted molar refractivity (Wildman–Crippen MR) is 100 cm³/mol. The van der Waals surface area contributed by atoms with E-state index in [0.29, 0.717) is 23.7 Å².